The molecular weight excluding hydrogens is 363 g/mol. The molecule has 7 N–H and O–H groups in total. The molecule has 0 aromatic heterocycles. The topological polar surface area (TPSA) is 120 Å². The van der Waals surface area contributed by atoms with Crippen LogP contribution >= 0.6 is 0 Å². The van der Waals surface area contributed by atoms with Gasteiger partial charge in [-0.15, -0.1) is 5.10 Å². The van der Waals surface area contributed by atoms with Crippen molar-refractivity contribution in [3.05, 3.63) is 59.7 Å². The number of hydrazone groups is 1. The van der Waals surface area contributed by atoms with Gasteiger partial charge in [-0.3, -0.25) is 0 Å². The van der Waals surface area contributed by atoms with Gasteiger partial charge < -0.3 is 21.3 Å². The van der Waals surface area contributed by atoms with Crippen molar-refractivity contribution in [1.29, 1.82) is 0 Å². The van der Waals surface area contributed by atoms with E-state index in [4.69, 9.17) is 16.7 Å². The summed E-state index contributed by atoms with van der Waals surface area (Å²) in [5, 5.41) is 26.0. The standard InChI is InChI=1S/C17H20F3N5O2/c18-17(19,20)11-5-7-12(8-6-11)23-15-4-2-1-3-14(15)16(21)24-25(22)9-13(27)10-26/h1-8,13,23,26-27H,9-10,22H2,(H2,21,24). The first-order valence-corrected chi connectivity index (χ1v) is 7.89. The zero-order chi connectivity index (χ0) is 20.0. The molecular formula is C17H20F3N5O2. The number of nitrogens with two attached hydrogens (primary N) is 2. The SMILES string of the molecule is N/C(=N\N(N)CC(O)CO)c1ccccc1Nc1ccc(C(F)(F)F)cc1. The number of nitrogens with zero attached hydrogens (tertiary/aromatic N) is 2. The number of hydrazine groups is 1. The Morgan fingerprint density at radius 2 is 1.78 bits per heavy atom. The van der Waals surface area contributed by atoms with Crippen LogP contribution in [0.3, 0.4) is 0 Å². The van der Waals surface area contributed by atoms with E-state index in [-0.39, 0.29) is 12.4 Å². The number of hydrogen-bond donors (Lipinski definition) is 5. The summed E-state index contributed by atoms with van der Waals surface area (Å²) in [6.45, 7) is -0.610. The summed E-state index contributed by atoms with van der Waals surface area (Å²) >= 11 is 0. The Morgan fingerprint density at radius 3 is 2.37 bits per heavy atom. The Morgan fingerprint density at radius 1 is 1.15 bits per heavy atom. The first-order chi connectivity index (χ1) is 12.7. The van der Waals surface area contributed by atoms with Crippen LogP contribution in [-0.4, -0.2) is 40.4 Å². The van der Waals surface area contributed by atoms with E-state index in [0.29, 0.717) is 16.9 Å². The lowest BCUT2D eigenvalue weighted by Gasteiger charge is -2.17. The molecule has 146 valence electrons. The Hall–Kier alpha value is -2.82. The summed E-state index contributed by atoms with van der Waals surface area (Å²) in [6.07, 6.45) is -5.48. The van der Waals surface area contributed by atoms with E-state index in [1.807, 2.05) is 0 Å². The number of alkyl halides is 3. The van der Waals surface area contributed by atoms with Gasteiger partial charge in [0.2, 0.25) is 0 Å². The van der Waals surface area contributed by atoms with Crippen LogP contribution in [0, 0.1) is 0 Å². The second kappa shape index (κ2) is 8.71. The molecule has 7 nitrogen and oxygen atoms in total. The predicted molar refractivity (Wildman–Crippen MR) is 95.9 cm³/mol. The summed E-state index contributed by atoms with van der Waals surface area (Å²) in [6, 6.07) is 11.3. The van der Waals surface area contributed by atoms with Gasteiger partial charge in [-0.05, 0) is 36.4 Å². The molecule has 0 aliphatic rings. The fourth-order valence-electron chi connectivity index (χ4n) is 2.22. The average molecular weight is 383 g/mol. The molecule has 2 aromatic rings. The molecule has 0 radical (unpaired) electrons. The van der Waals surface area contributed by atoms with E-state index in [2.05, 4.69) is 10.4 Å². The first-order valence-electron chi connectivity index (χ1n) is 7.89. The van der Waals surface area contributed by atoms with Crippen molar-refractivity contribution in [2.24, 2.45) is 16.7 Å². The Bertz CT molecular complexity index is 781. The molecule has 0 saturated carbocycles. The van der Waals surface area contributed by atoms with E-state index < -0.39 is 24.5 Å². The molecule has 27 heavy (non-hydrogen) atoms. The lowest BCUT2D eigenvalue weighted by molar-refractivity contribution is -0.137. The highest BCUT2D eigenvalue weighted by Gasteiger charge is 2.29. The van der Waals surface area contributed by atoms with Crippen molar-refractivity contribution in [3.8, 4) is 0 Å². The number of aliphatic hydroxyl groups excluding tert-OH is 2. The number of anilines is 2. The van der Waals surface area contributed by atoms with Crippen molar-refractivity contribution < 1.29 is 23.4 Å². The van der Waals surface area contributed by atoms with Crippen molar-refractivity contribution >= 4 is 17.2 Å². The van der Waals surface area contributed by atoms with Gasteiger partial charge in [-0.2, -0.15) is 13.2 Å². The van der Waals surface area contributed by atoms with Crippen molar-refractivity contribution in [2.45, 2.75) is 12.3 Å². The van der Waals surface area contributed by atoms with Crippen LogP contribution < -0.4 is 16.9 Å². The lowest BCUT2D eigenvalue weighted by atomic mass is 10.1. The summed E-state index contributed by atoms with van der Waals surface area (Å²) in [5.74, 6) is 5.64. The maximum absolute atomic E-state index is 12.7. The minimum absolute atomic E-state index is 0.0256. The van der Waals surface area contributed by atoms with Gasteiger partial charge in [-0.25, -0.2) is 11.0 Å². The second-order valence-electron chi connectivity index (χ2n) is 5.69. The monoisotopic (exact) mass is 383 g/mol. The molecule has 10 heteroatoms. The average Bonchev–Trinajstić information content (AvgIpc) is 2.61. The van der Waals surface area contributed by atoms with Gasteiger partial charge in [0.1, 0.15) is 0 Å². The fraction of sp³-hybridized carbons (Fsp3) is 0.235. The Labute approximate surface area is 153 Å². The zero-order valence-corrected chi connectivity index (χ0v) is 14.2. The summed E-state index contributed by atoms with van der Waals surface area (Å²) < 4.78 is 38.0. The number of hydrogen-bond acceptors (Lipinski definition) is 6. The number of nitrogens with one attached hydrogen (secondary N) is 1. The summed E-state index contributed by atoms with van der Waals surface area (Å²) in [4.78, 5) is 0. The van der Waals surface area contributed by atoms with E-state index >= 15 is 0 Å². The smallest absolute Gasteiger partial charge is 0.394 e. The Kier molecular flexibility index (Phi) is 6.61. The highest BCUT2D eigenvalue weighted by atomic mass is 19.4. The Balaban J connectivity index is 2.20. The van der Waals surface area contributed by atoms with Gasteiger partial charge in [0.15, 0.2) is 5.84 Å². The maximum atomic E-state index is 12.7. The number of para-hydroxylation sites is 1. The largest absolute Gasteiger partial charge is 0.416 e. The highest BCUT2D eigenvalue weighted by Crippen LogP contribution is 2.30. The van der Waals surface area contributed by atoms with Crippen LogP contribution in [-0.2, 0) is 6.18 Å². The van der Waals surface area contributed by atoms with E-state index in [0.717, 1.165) is 17.3 Å². The normalized spacial score (nSPS) is 13.3. The third-order valence-corrected chi connectivity index (χ3v) is 3.54. The molecule has 0 fully saturated rings. The van der Waals surface area contributed by atoms with Gasteiger partial charge in [0.05, 0.1) is 24.8 Å². The molecule has 0 saturated heterocycles. The van der Waals surface area contributed by atoms with E-state index in [9.17, 15) is 18.3 Å². The molecule has 0 heterocycles. The van der Waals surface area contributed by atoms with Gasteiger partial charge >= 0.3 is 6.18 Å². The van der Waals surface area contributed by atoms with E-state index in [1.165, 1.54) is 12.1 Å². The highest BCUT2D eigenvalue weighted by molar-refractivity contribution is 6.02. The molecule has 0 spiro atoms. The van der Waals surface area contributed by atoms with Gasteiger partial charge in [-0.1, -0.05) is 12.1 Å². The maximum Gasteiger partial charge on any atom is 0.416 e. The minimum atomic E-state index is -4.41. The minimum Gasteiger partial charge on any atom is -0.394 e. The molecule has 0 amide bonds. The van der Waals surface area contributed by atoms with Crippen molar-refractivity contribution in [1.82, 2.24) is 5.12 Å². The number of benzene rings is 2. The molecule has 1 atom stereocenters. The quantitative estimate of drug-likeness (QED) is 0.214. The van der Waals surface area contributed by atoms with E-state index in [1.54, 1.807) is 24.3 Å². The lowest BCUT2D eigenvalue weighted by Crippen LogP contribution is -2.37. The van der Waals surface area contributed by atoms with Crippen LogP contribution in [0.5, 0.6) is 0 Å². The zero-order valence-electron chi connectivity index (χ0n) is 14.2. The third kappa shape index (κ3) is 5.84. The van der Waals surface area contributed by atoms with Gasteiger partial charge in [0.25, 0.3) is 0 Å². The first kappa shape index (κ1) is 20.5. The van der Waals surface area contributed by atoms with Crippen molar-refractivity contribution in [2.75, 3.05) is 18.5 Å². The molecule has 0 aliphatic heterocycles. The summed E-state index contributed by atoms with van der Waals surface area (Å²) in [7, 11) is 0. The van der Waals surface area contributed by atoms with Crippen molar-refractivity contribution in [3.63, 3.8) is 0 Å². The summed E-state index contributed by atoms with van der Waals surface area (Å²) in [5.41, 5.74) is 6.60. The predicted octanol–water partition coefficient (Wildman–Crippen LogP) is 1.60. The molecule has 2 aromatic carbocycles. The molecule has 0 aliphatic carbocycles. The fourth-order valence-corrected chi connectivity index (χ4v) is 2.22. The number of rotatable bonds is 7. The van der Waals surface area contributed by atoms with Crippen LogP contribution in [0.1, 0.15) is 11.1 Å². The van der Waals surface area contributed by atoms with Crippen LogP contribution in [0.4, 0.5) is 24.5 Å². The molecule has 0 bridgehead atoms. The van der Waals surface area contributed by atoms with Crippen LogP contribution in [0.2, 0.25) is 0 Å². The number of aliphatic hydroxyl groups is 2. The second-order valence-corrected chi connectivity index (χ2v) is 5.69. The van der Waals surface area contributed by atoms with Gasteiger partial charge in [0, 0.05) is 16.9 Å². The number of amidine groups is 1. The molecule has 1 unspecified atom stereocenters. The van der Waals surface area contributed by atoms with Crippen LogP contribution in [0.15, 0.2) is 53.6 Å². The third-order valence-electron chi connectivity index (χ3n) is 3.54. The van der Waals surface area contributed by atoms with Crippen LogP contribution in [0.25, 0.3) is 0 Å². The number of halogens is 3. The molecule has 2 rings (SSSR count).